The Morgan fingerprint density at radius 2 is 2.00 bits per heavy atom. The van der Waals surface area contributed by atoms with Crippen LogP contribution in [0.15, 0.2) is 47.3 Å². The number of hydrogen-bond acceptors (Lipinski definition) is 5. The number of ketones is 1. The van der Waals surface area contributed by atoms with Crippen molar-refractivity contribution >= 4 is 11.8 Å². The highest BCUT2D eigenvalue weighted by Gasteiger charge is 2.44. The molecule has 1 aliphatic heterocycles. The lowest BCUT2D eigenvalue weighted by atomic mass is 9.71. The molecule has 0 amide bonds. The Labute approximate surface area is 160 Å². The highest BCUT2D eigenvalue weighted by molar-refractivity contribution is 5.96. The molecule has 27 heavy (non-hydrogen) atoms. The van der Waals surface area contributed by atoms with Crippen molar-refractivity contribution in [2.75, 3.05) is 6.61 Å². The molecule has 1 N–H and O–H groups in total. The van der Waals surface area contributed by atoms with Gasteiger partial charge in [-0.15, -0.1) is 0 Å². The van der Waals surface area contributed by atoms with Crippen LogP contribution >= 0.6 is 0 Å². The smallest absolute Gasteiger partial charge is 0.336 e. The Morgan fingerprint density at radius 3 is 2.70 bits per heavy atom. The number of fused-ring (bicyclic) bond motifs is 1. The van der Waals surface area contributed by atoms with Gasteiger partial charge in [-0.2, -0.15) is 0 Å². The molecular formula is C22H27NO4. The van der Waals surface area contributed by atoms with Gasteiger partial charge in [0, 0.05) is 29.3 Å². The number of nitrogens with one attached hydrogen (secondary N) is 1. The minimum Gasteiger partial charge on any atom is -0.494 e. The minimum absolute atomic E-state index is 0.138. The summed E-state index contributed by atoms with van der Waals surface area (Å²) in [5.41, 5.74) is 2.96. The molecule has 5 heteroatoms. The first-order valence-electron chi connectivity index (χ1n) is 9.57. The third kappa shape index (κ3) is 3.77. The van der Waals surface area contributed by atoms with Gasteiger partial charge >= 0.3 is 5.97 Å². The fourth-order valence-corrected chi connectivity index (χ4v) is 3.92. The van der Waals surface area contributed by atoms with Crippen LogP contribution in [-0.2, 0) is 14.3 Å². The molecule has 0 radical (unpaired) electrons. The van der Waals surface area contributed by atoms with E-state index in [1.54, 1.807) is 0 Å². The van der Waals surface area contributed by atoms with E-state index >= 15 is 0 Å². The number of allylic oxidation sites excluding steroid dienone is 3. The molecule has 1 aromatic rings. The predicted octanol–water partition coefficient (Wildman–Crippen LogP) is 3.86. The summed E-state index contributed by atoms with van der Waals surface area (Å²) in [5, 5.41) is 3.28. The number of rotatable bonds is 5. The van der Waals surface area contributed by atoms with Gasteiger partial charge in [0.2, 0.25) is 0 Å². The first-order chi connectivity index (χ1) is 12.9. The normalized spacial score (nSPS) is 22.1. The van der Waals surface area contributed by atoms with Crippen LogP contribution < -0.4 is 10.1 Å². The van der Waals surface area contributed by atoms with Crippen LogP contribution in [0, 0.1) is 5.92 Å². The first-order valence-corrected chi connectivity index (χ1v) is 9.57. The van der Waals surface area contributed by atoms with Crippen LogP contribution in [0.2, 0.25) is 0 Å². The second kappa shape index (κ2) is 7.99. The Hall–Kier alpha value is -2.56. The molecule has 5 nitrogen and oxygen atoms in total. The van der Waals surface area contributed by atoms with Crippen LogP contribution in [0.3, 0.4) is 0 Å². The second-order valence-electron chi connectivity index (χ2n) is 7.21. The monoisotopic (exact) mass is 369 g/mol. The van der Waals surface area contributed by atoms with Gasteiger partial charge in [0.25, 0.3) is 0 Å². The van der Waals surface area contributed by atoms with Crippen molar-refractivity contribution in [3.05, 3.63) is 52.9 Å². The summed E-state index contributed by atoms with van der Waals surface area (Å²) in [6.45, 7) is 7.95. The molecular weight excluding hydrogens is 342 g/mol. The number of carbonyl (C=O) groups is 2. The molecule has 0 bridgehead atoms. The van der Waals surface area contributed by atoms with Gasteiger partial charge in [0.05, 0.1) is 24.2 Å². The van der Waals surface area contributed by atoms with Crippen molar-refractivity contribution in [3.63, 3.8) is 0 Å². The van der Waals surface area contributed by atoms with E-state index < -0.39 is 11.8 Å². The Balaban J connectivity index is 2.18. The zero-order valence-electron chi connectivity index (χ0n) is 16.4. The van der Waals surface area contributed by atoms with Crippen LogP contribution in [0.5, 0.6) is 5.75 Å². The summed E-state index contributed by atoms with van der Waals surface area (Å²) in [7, 11) is 0. The van der Waals surface area contributed by atoms with E-state index in [1.165, 1.54) is 0 Å². The van der Waals surface area contributed by atoms with E-state index in [4.69, 9.17) is 9.47 Å². The van der Waals surface area contributed by atoms with Crippen LogP contribution in [-0.4, -0.2) is 24.5 Å². The summed E-state index contributed by atoms with van der Waals surface area (Å²) in [6, 6.07) is 7.64. The van der Waals surface area contributed by atoms with Gasteiger partial charge in [0.15, 0.2) is 0 Å². The van der Waals surface area contributed by atoms with E-state index in [-0.39, 0.29) is 17.9 Å². The summed E-state index contributed by atoms with van der Waals surface area (Å²) in [5.74, 6) is -0.382. The molecule has 0 fully saturated rings. The van der Waals surface area contributed by atoms with E-state index in [9.17, 15) is 9.59 Å². The molecule has 0 spiro atoms. The van der Waals surface area contributed by atoms with E-state index in [1.807, 2.05) is 52.0 Å². The van der Waals surface area contributed by atoms with Crippen molar-refractivity contribution < 1.29 is 19.1 Å². The van der Waals surface area contributed by atoms with Crippen molar-refractivity contribution in [1.82, 2.24) is 5.32 Å². The zero-order valence-corrected chi connectivity index (χ0v) is 16.4. The van der Waals surface area contributed by atoms with Crippen LogP contribution in [0.25, 0.3) is 0 Å². The molecule has 144 valence electrons. The molecule has 0 aromatic heterocycles. The van der Waals surface area contributed by atoms with Gasteiger partial charge in [-0.05, 0) is 40.2 Å². The molecule has 2 aliphatic rings. The number of Topliss-reactive ketones (excluding diaryl/α,β-unsaturated/α-hetero) is 1. The second-order valence-corrected chi connectivity index (χ2v) is 7.21. The van der Waals surface area contributed by atoms with Gasteiger partial charge < -0.3 is 14.8 Å². The van der Waals surface area contributed by atoms with E-state index in [0.29, 0.717) is 24.4 Å². The fourth-order valence-electron chi connectivity index (χ4n) is 3.92. The standard InChI is InChI=1S/C22H27NO4/c1-5-26-18-12-7-6-9-15(18)20-19(22(25)27-13(2)3)14(4)23-16-10-8-11-17(24)21(16)20/h6-7,9-10,12-13,20-21,23H,5,8,11H2,1-4H3. The lowest BCUT2D eigenvalue weighted by Gasteiger charge is -2.38. The topological polar surface area (TPSA) is 64.6 Å². The Kier molecular flexibility index (Phi) is 5.68. The lowest BCUT2D eigenvalue weighted by Crippen LogP contribution is -2.41. The average molecular weight is 369 g/mol. The van der Waals surface area contributed by atoms with Gasteiger partial charge in [-0.1, -0.05) is 24.3 Å². The number of ether oxygens (including phenoxy) is 2. The maximum Gasteiger partial charge on any atom is 0.336 e. The largest absolute Gasteiger partial charge is 0.494 e. The molecule has 2 atom stereocenters. The fraction of sp³-hybridized carbons (Fsp3) is 0.455. The van der Waals surface area contributed by atoms with Crippen molar-refractivity contribution in [2.24, 2.45) is 5.92 Å². The highest BCUT2D eigenvalue weighted by Crippen LogP contribution is 2.46. The number of carbonyl (C=O) groups excluding carboxylic acids is 2. The van der Waals surface area contributed by atoms with E-state index in [2.05, 4.69) is 11.4 Å². The van der Waals surface area contributed by atoms with E-state index in [0.717, 1.165) is 23.4 Å². The number of benzene rings is 1. The third-order valence-corrected chi connectivity index (χ3v) is 4.93. The van der Waals surface area contributed by atoms with Gasteiger partial charge in [-0.25, -0.2) is 4.79 Å². The van der Waals surface area contributed by atoms with Crippen LogP contribution in [0.4, 0.5) is 0 Å². The summed E-state index contributed by atoms with van der Waals surface area (Å²) in [6.07, 6.45) is 3.03. The number of hydrogen-bond donors (Lipinski definition) is 1. The summed E-state index contributed by atoms with van der Waals surface area (Å²) < 4.78 is 11.3. The number of esters is 1. The van der Waals surface area contributed by atoms with Crippen LogP contribution in [0.1, 0.15) is 52.0 Å². The third-order valence-electron chi connectivity index (χ3n) is 4.93. The molecule has 0 saturated carbocycles. The highest BCUT2D eigenvalue weighted by atomic mass is 16.5. The number of para-hydroxylation sites is 1. The van der Waals surface area contributed by atoms with Gasteiger partial charge in [0.1, 0.15) is 11.5 Å². The Bertz CT molecular complexity index is 806. The predicted molar refractivity (Wildman–Crippen MR) is 103 cm³/mol. The van der Waals surface area contributed by atoms with Gasteiger partial charge in [-0.3, -0.25) is 4.79 Å². The molecule has 1 aliphatic carbocycles. The molecule has 1 aromatic carbocycles. The zero-order chi connectivity index (χ0) is 19.6. The molecule has 0 saturated heterocycles. The van der Waals surface area contributed by atoms with Crippen molar-refractivity contribution in [2.45, 2.75) is 52.6 Å². The maximum absolute atomic E-state index is 13.0. The Morgan fingerprint density at radius 1 is 1.26 bits per heavy atom. The SMILES string of the molecule is CCOc1ccccc1C1C(C(=O)OC(C)C)=C(C)NC2=CCCC(=O)C21. The van der Waals surface area contributed by atoms with Crippen molar-refractivity contribution in [1.29, 1.82) is 0 Å². The molecule has 3 rings (SSSR count). The van der Waals surface area contributed by atoms with Crippen molar-refractivity contribution in [3.8, 4) is 5.75 Å². The minimum atomic E-state index is -0.418. The summed E-state index contributed by atoms with van der Waals surface area (Å²) in [4.78, 5) is 25.8. The molecule has 2 unspecified atom stereocenters. The maximum atomic E-state index is 13.0. The average Bonchev–Trinajstić information content (AvgIpc) is 2.61. The quantitative estimate of drug-likeness (QED) is 0.799. The first kappa shape index (κ1) is 19.2. The molecule has 1 heterocycles. The lowest BCUT2D eigenvalue weighted by molar-refractivity contribution is -0.143. The summed E-state index contributed by atoms with van der Waals surface area (Å²) >= 11 is 0.